The number of anilines is 2. The fraction of sp³-hybridized carbons (Fsp3) is 0.304. The summed E-state index contributed by atoms with van der Waals surface area (Å²) in [6, 6.07) is 7.24. The van der Waals surface area contributed by atoms with Crippen molar-refractivity contribution in [2.24, 2.45) is 0 Å². The fourth-order valence-corrected chi connectivity index (χ4v) is 4.11. The number of piperidine rings is 1. The Morgan fingerprint density at radius 1 is 1.15 bits per heavy atom. The van der Waals surface area contributed by atoms with Gasteiger partial charge in [-0.2, -0.15) is 8.78 Å². The maximum atomic E-state index is 13.1. The largest absolute Gasteiger partial charge is 0.493 e. The average Bonchev–Trinajstić information content (AvgIpc) is 2.84. The van der Waals surface area contributed by atoms with Crippen molar-refractivity contribution < 1.29 is 28.0 Å². The Balaban J connectivity index is 1.71. The van der Waals surface area contributed by atoms with Crippen molar-refractivity contribution in [3.05, 3.63) is 58.4 Å². The summed E-state index contributed by atoms with van der Waals surface area (Å²) < 4.78 is 34.7. The molecule has 0 radical (unpaired) electrons. The lowest BCUT2D eigenvalue weighted by Crippen LogP contribution is -2.29. The molecule has 1 aromatic heterocycles. The molecule has 2 aromatic carbocycles. The van der Waals surface area contributed by atoms with Crippen LogP contribution in [0.2, 0.25) is 0 Å². The molecule has 1 aliphatic heterocycles. The number of benzene rings is 2. The lowest BCUT2D eigenvalue weighted by molar-refractivity contribution is -0.385. The summed E-state index contributed by atoms with van der Waals surface area (Å²) in [5.74, 6) is -1.58. The van der Waals surface area contributed by atoms with E-state index < -0.39 is 28.9 Å². The average molecular weight is 472 g/mol. The standard InChI is InChI=1S/C23H22F2N4O5/c1-33-20-11-15(19(29(31)32)12-21(20)34-23(24)25)22(30)27-17-5-6-18(28-9-3-2-4-10-28)14-7-8-26-13-16(14)17/h5-8,11-13,23H,2-4,9-10H2,1H3,(H,27,30). The van der Waals surface area contributed by atoms with Crippen LogP contribution in [-0.2, 0) is 0 Å². The number of pyridine rings is 1. The zero-order valence-electron chi connectivity index (χ0n) is 18.3. The number of amides is 1. The highest BCUT2D eigenvalue weighted by Gasteiger charge is 2.26. The van der Waals surface area contributed by atoms with Crippen molar-refractivity contribution in [1.82, 2.24) is 4.98 Å². The summed E-state index contributed by atoms with van der Waals surface area (Å²) in [7, 11) is 1.18. The molecule has 2 heterocycles. The molecule has 1 aliphatic rings. The highest BCUT2D eigenvalue weighted by molar-refractivity contribution is 6.12. The molecular weight excluding hydrogens is 450 g/mol. The number of hydrogen-bond acceptors (Lipinski definition) is 7. The molecule has 9 nitrogen and oxygen atoms in total. The zero-order chi connectivity index (χ0) is 24.2. The van der Waals surface area contributed by atoms with Crippen LogP contribution in [0.1, 0.15) is 29.6 Å². The van der Waals surface area contributed by atoms with E-state index in [9.17, 15) is 23.7 Å². The number of nitro benzene ring substituents is 1. The Bertz CT molecular complexity index is 1230. The molecule has 1 fully saturated rings. The first-order valence-electron chi connectivity index (χ1n) is 10.6. The van der Waals surface area contributed by atoms with E-state index in [1.54, 1.807) is 18.5 Å². The quantitative estimate of drug-likeness (QED) is 0.381. The predicted molar refractivity (Wildman–Crippen MR) is 122 cm³/mol. The van der Waals surface area contributed by atoms with Crippen molar-refractivity contribution in [2.45, 2.75) is 25.9 Å². The summed E-state index contributed by atoms with van der Waals surface area (Å²) in [5.41, 5.74) is 0.383. The number of carbonyl (C=O) groups is 1. The first kappa shape index (κ1) is 23.1. The van der Waals surface area contributed by atoms with Gasteiger partial charge in [-0.05, 0) is 37.5 Å². The van der Waals surface area contributed by atoms with E-state index in [0.717, 1.165) is 49.1 Å². The second-order valence-electron chi connectivity index (χ2n) is 7.71. The summed E-state index contributed by atoms with van der Waals surface area (Å²) >= 11 is 0. The lowest BCUT2D eigenvalue weighted by Gasteiger charge is -2.30. The second-order valence-corrected chi connectivity index (χ2v) is 7.71. The van der Waals surface area contributed by atoms with Gasteiger partial charge in [-0.3, -0.25) is 19.9 Å². The predicted octanol–water partition coefficient (Wildman–Crippen LogP) is 5.00. The molecule has 4 rings (SSSR count). The van der Waals surface area contributed by atoms with Gasteiger partial charge < -0.3 is 19.7 Å². The summed E-state index contributed by atoms with van der Waals surface area (Å²) in [5, 5.41) is 15.8. The van der Waals surface area contributed by atoms with Gasteiger partial charge in [0.25, 0.3) is 11.6 Å². The third-order valence-corrected chi connectivity index (χ3v) is 5.68. The number of halogens is 2. The van der Waals surface area contributed by atoms with Crippen LogP contribution in [0, 0.1) is 10.1 Å². The van der Waals surface area contributed by atoms with Crippen LogP contribution in [0.15, 0.2) is 42.7 Å². The molecule has 11 heteroatoms. The minimum absolute atomic E-state index is 0.233. The van der Waals surface area contributed by atoms with Crippen LogP contribution in [0.3, 0.4) is 0 Å². The number of fused-ring (bicyclic) bond motifs is 1. The molecule has 0 unspecified atom stereocenters. The minimum atomic E-state index is -3.22. The Labute approximate surface area is 193 Å². The minimum Gasteiger partial charge on any atom is -0.493 e. The number of methoxy groups -OCH3 is 1. The van der Waals surface area contributed by atoms with Gasteiger partial charge >= 0.3 is 6.61 Å². The second kappa shape index (κ2) is 9.86. The molecule has 1 saturated heterocycles. The Hall–Kier alpha value is -4.02. The maximum absolute atomic E-state index is 13.1. The fourth-order valence-electron chi connectivity index (χ4n) is 4.11. The molecule has 0 saturated carbocycles. The van der Waals surface area contributed by atoms with E-state index in [4.69, 9.17) is 4.74 Å². The third kappa shape index (κ3) is 4.68. The topological polar surface area (TPSA) is 107 Å². The molecule has 3 aromatic rings. The van der Waals surface area contributed by atoms with E-state index in [1.807, 2.05) is 12.1 Å². The number of nitro groups is 1. The van der Waals surface area contributed by atoms with Gasteiger partial charge in [0.15, 0.2) is 11.5 Å². The highest BCUT2D eigenvalue weighted by Crippen LogP contribution is 2.37. The zero-order valence-corrected chi connectivity index (χ0v) is 18.3. The van der Waals surface area contributed by atoms with Gasteiger partial charge in [0.05, 0.1) is 23.8 Å². The molecule has 178 valence electrons. The molecule has 0 aliphatic carbocycles. The van der Waals surface area contributed by atoms with E-state index in [0.29, 0.717) is 11.1 Å². The summed E-state index contributed by atoms with van der Waals surface area (Å²) in [6.07, 6.45) is 6.67. The van der Waals surface area contributed by atoms with Crippen LogP contribution < -0.4 is 19.7 Å². The van der Waals surface area contributed by atoms with Crippen LogP contribution in [0.25, 0.3) is 10.8 Å². The van der Waals surface area contributed by atoms with Crippen LogP contribution >= 0.6 is 0 Å². The first-order chi connectivity index (χ1) is 16.4. The monoisotopic (exact) mass is 472 g/mol. The van der Waals surface area contributed by atoms with E-state index in [-0.39, 0.29) is 11.3 Å². The van der Waals surface area contributed by atoms with Crippen LogP contribution in [-0.4, -0.2) is 42.6 Å². The molecule has 0 atom stereocenters. The molecule has 1 amide bonds. The van der Waals surface area contributed by atoms with Crippen LogP contribution in [0.5, 0.6) is 11.5 Å². The van der Waals surface area contributed by atoms with Gasteiger partial charge in [-0.1, -0.05) is 0 Å². The summed E-state index contributed by atoms with van der Waals surface area (Å²) in [6.45, 7) is -1.35. The lowest BCUT2D eigenvalue weighted by atomic mass is 10.0. The number of ether oxygens (including phenoxy) is 2. The Kier molecular flexibility index (Phi) is 6.71. The number of carbonyl (C=O) groups excluding carboxylic acids is 1. The number of alkyl halides is 2. The molecule has 1 N–H and O–H groups in total. The molecule has 0 bridgehead atoms. The van der Waals surface area contributed by atoms with Crippen molar-refractivity contribution in [2.75, 3.05) is 30.4 Å². The Morgan fingerprint density at radius 3 is 2.59 bits per heavy atom. The van der Waals surface area contributed by atoms with Gasteiger partial charge in [0.1, 0.15) is 5.56 Å². The smallest absolute Gasteiger partial charge is 0.387 e. The van der Waals surface area contributed by atoms with Crippen molar-refractivity contribution >= 4 is 33.7 Å². The normalized spacial score (nSPS) is 13.7. The first-order valence-corrected chi connectivity index (χ1v) is 10.6. The number of aromatic nitrogens is 1. The van der Waals surface area contributed by atoms with E-state index in [1.165, 1.54) is 13.5 Å². The number of nitrogens with zero attached hydrogens (tertiary/aromatic N) is 3. The van der Waals surface area contributed by atoms with Crippen molar-refractivity contribution in [3.8, 4) is 11.5 Å². The van der Waals surface area contributed by atoms with E-state index >= 15 is 0 Å². The molecule has 34 heavy (non-hydrogen) atoms. The Morgan fingerprint density at radius 2 is 1.91 bits per heavy atom. The van der Waals surface area contributed by atoms with Crippen molar-refractivity contribution in [3.63, 3.8) is 0 Å². The molecular formula is C23H22F2N4O5. The van der Waals surface area contributed by atoms with Gasteiger partial charge in [-0.15, -0.1) is 0 Å². The van der Waals surface area contributed by atoms with Gasteiger partial charge in [-0.25, -0.2) is 0 Å². The maximum Gasteiger partial charge on any atom is 0.387 e. The number of rotatable bonds is 7. The summed E-state index contributed by atoms with van der Waals surface area (Å²) in [4.78, 5) is 30.3. The van der Waals surface area contributed by atoms with Crippen molar-refractivity contribution in [1.29, 1.82) is 0 Å². The SMILES string of the molecule is COc1cc(C(=O)Nc2ccc(N3CCCCC3)c3ccncc23)c([N+](=O)[O-])cc1OC(F)F. The highest BCUT2D eigenvalue weighted by atomic mass is 19.3. The van der Waals surface area contributed by atoms with E-state index in [2.05, 4.69) is 19.9 Å². The van der Waals surface area contributed by atoms with Gasteiger partial charge in [0.2, 0.25) is 0 Å². The van der Waals surface area contributed by atoms with Gasteiger partial charge in [0, 0.05) is 48.0 Å². The number of nitrogens with one attached hydrogen (secondary N) is 1. The third-order valence-electron chi connectivity index (χ3n) is 5.68. The number of hydrogen-bond donors (Lipinski definition) is 1. The van der Waals surface area contributed by atoms with Crippen LogP contribution in [0.4, 0.5) is 25.8 Å². The molecule has 0 spiro atoms.